The summed E-state index contributed by atoms with van der Waals surface area (Å²) in [6, 6.07) is 17.9. The first-order chi connectivity index (χ1) is 17.0. The molecule has 0 aliphatic carbocycles. The first-order valence-electron chi connectivity index (χ1n) is 12.4. The monoisotopic (exact) mass is 477 g/mol. The van der Waals surface area contributed by atoms with E-state index >= 15 is 0 Å². The summed E-state index contributed by atoms with van der Waals surface area (Å²) >= 11 is 0. The molecule has 184 valence electrons. The van der Waals surface area contributed by atoms with E-state index in [0.29, 0.717) is 31.1 Å². The Labute approximate surface area is 206 Å². The fraction of sp³-hybridized carbons (Fsp3) is 0.333. The second-order valence-corrected chi connectivity index (χ2v) is 8.74. The number of fused-ring (bicyclic) bond motifs is 1. The second kappa shape index (κ2) is 11.0. The molecule has 3 aromatic carbocycles. The van der Waals surface area contributed by atoms with Gasteiger partial charge in [-0.15, -0.1) is 0 Å². The maximum absolute atomic E-state index is 14.9. The van der Waals surface area contributed by atoms with Gasteiger partial charge in [-0.1, -0.05) is 44.2 Å². The Morgan fingerprint density at radius 2 is 1.66 bits per heavy atom. The average molecular weight is 478 g/mol. The lowest BCUT2D eigenvalue weighted by Gasteiger charge is -2.25. The summed E-state index contributed by atoms with van der Waals surface area (Å²) in [5.74, 6) is 0.179. The number of aryl methyl sites for hydroxylation is 2. The molecular weight excluding hydrogens is 444 g/mol. The van der Waals surface area contributed by atoms with Gasteiger partial charge in [-0.05, 0) is 67.6 Å². The highest BCUT2D eigenvalue weighted by Gasteiger charge is 2.27. The minimum absolute atomic E-state index is 0.252. The number of nitrogens with zero attached hydrogens (tertiary/aromatic N) is 1. The zero-order valence-corrected chi connectivity index (χ0v) is 20.9. The van der Waals surface area contributed by atoms with E-state index in [1.54, 1.807) is 19.1 Å². The van der Waals surface area contributed by atoms with E-state index in [9.17, 15) is 8.78 Å². The highest BCUT2D eigenvalue weighted by atomic mass is 19.1. The molecule has 2 heterocycles. The third-order valence-electron chi connectivity index (χ3n) is 6.53. The Morgan fingerprint density at radius 1 is 0.943 bits per heavy atom. The largest absolute Gasteiger partial charge is 0.488 e. The molecule has 4 aromatic rings. The molecule has 0 unspecified atom stereocenters. The van der Waals surface area contributed by atoms with Crippen molar-refractivity contribution in [1.29, 1.82) is 0 Å². The molecule has 5 heteroatoms. The third kappa shape index (κ3) is 5.10. The molecule has 1 aliphatic rings. The van der Waals surface area contributed by atoms with Gasteiger partial charge in [0.2, 0.25) is 0 Å². The van der Waals surface area contributed by atoms with E-state index in [1.165, 1.54) is 12.1 Å². The molecule has 35 heavy (non-hydrogen) atoms. The Kier molecular flexibility index (Phi) is 7.86. The maximum Gasteiger partial charge on any atom is 0.132 e. The summed E-state index contributed by atoms with van der Waals surface area (Å²) in [5.41, 5.74) is 5.33. The van der Waals surface area contributed by atoms with Gasteiger partial charge < -0.3 is 14.0 Å². The van der Waals surface area contributed by atoms with Crippen LogP contribution in [0.25, 0.3) is 16.6 Å². The molecule has 0 amide bonds. The summed E-state index contributed by atoms with van der Waals surface area (Å²) in [7, 11) is 0. The molecule has 0 saturated carbocycles. The highest BCUT2D eigenvalue weighted by molar-refractivity contribution is 5.93. The summed E-state index contributed by atoms with van der Waals surface area (Å²) in [5, 5.41) is 0.899. The van der Waals surface area contributed by atoms with E-state index < -0.39 is 0 Å². The Morgan fingerprint density at radius 3 is 2.34 bits per heavy atom. The lowest BCUT2D eigenvalue weighted by molar-refractivity contribution is 0.0841. The molecule has 0 bridgehead atoms. The van der Waals surface area contributed by atoms with Crippen molar-refractivity contribution in [2.75, 3.05) is 13.2 Å². The van der Waals surface area contributed by atoms with Crippen molar-refractivity contribution in [2.45, 2.75) is 53.1 Å². The number of hydrogen-bond acceptors (Lipinski definition) is 2. The normalized spacial score (nSPS) is 14.0. The van der Waals surface area contributed by atoms with Crippen molar-refractivity contribution in [1.82, 2.24) is 4.57 Å². The smallest absolute Gasteiger partial charge is 0.132 e. The van der Waals surface area contributed by atoms with Crippen molar-refractivity contribution in [3.05, 3.63) is 94.7 Å². The molecular formula is C30H33F2NO2. The number of hydrogen-bond donors (Lipinski definition) is 0. The van der Waals surface area contributed by atoms with E-state index in [1.807, 2.05) is 50.2 Å². The zero-order chi connectivity index (χ0) is 24.9. The van der Waals surface area contributed by atoms with Crippen LogP contribution in [0, 0.1) is 25.5 Å². The topological polar surface area (TPSA) is 23.4 Å². The maximum atomic E-state index is 14.9. The quantitative estimate of drug-likeness (QED) is 0.290. The molecule has 0 atom stereocenters. The van der Waals surface area contributed by atoms with E-state index in [2.05, 4.69) is 11.5 Å². The summed E-state index contributed by atoms with van der Waals surface area (Å²) in [6.07, 6.45) is 1.78. The minimum Gasteiger partial charge on any atom is -0.488 e. The molecule has 0 spiro atoms. The fourth-order valence-corrected chi connectivity index (χ4v) is 4.90. The predicted octanol–water partition coefficient (Wildman–Crippen LogP) is 8.02. The summed E-state index contributed by atoms with van der Waals surface area (Å²) in [6.45, 7) is 9.57. The van der Waals surface area contributed by atoms with Gasteiger partial charge in [0, 0.05) is 42.0 Å². The predicted molar refractivity (Wildman–Crippen MR) is 138 cm³/mol. The first-order valence-corrected chi connectivity index (χ1v) is 12.4. The van der Waals surface area contributed by atoms with Crippen molar-refractivity contribution in [2.24, 2.45) is 0 Å². The Bertz CT molecular complexity index is 1290. The number of halogens is 2. The molecule has 3 nitrogen and oxygen atoms in total. The zero-order valence-electron chi connectivity index (χ0n) is 20.9. The van der Waals surface area contributed by atoms with Gasteiger partial charge in [0.25, 0.3) is 0 Å². The lowest BCUT2D eigenvalue weighted by Crippen LogP contribution is -2.17. The van der Waals surface area contributed by atoms with Gasteiger partial charge in [0.1, 0.15) is 24.0 Å². The lowest BCUT2D eigenvalue weighted by atomic mass is 9.93. The third-order valence-corrected chi connectivity index (χ3v) is 6.53. The number of benzene rings is 3. The second-order valence-electron chi connectivity index (χ2n) is 8.74. The van der Waals surface area contributed by atoms with E-state index in [4.69, 9.17) is 9.47 Å². The van der Waals surface area contributed by atoms with Crippen LogP contribution in [0.2, 0.25) is 0 Å². The fourth-order valence-electron chi connectivity index (χ4n) is 4.90. The number of aromatic nitrogens is 1. The van der Waals surface area contributed by atoms with Crippen molar-refractivity contribution < 1.29 is 18.3 Å². The highest BCUT2D eigenvalue weighted by Crippen LogP contribution is 2.42. The average Bonchev–Trinajstić information content (AvgIpc) is 3.18. The van der Waals surface area contributed by atoms with Gasteiger partial charge >= 0.3 is 0 Å². The molecule has 1 aromatic heterocycles. The van der Waals surface area contributed by atoms with Gasteiger partial charge in [-0.2, -0.15) is 0 Å². The van der Waals surface area contributed by atoms with Crippen molar-refractivity contribution in [3.63, 3.8) is 0 Å². The van der Waals surface area contributed by atoms with Gasteiger partial charge in [-0.3, -0.25) is 0 Å². The number of rotatable bonds is 5. The van der Waals surface area contributed by atoms with Crippen LogP contribution in [0.3, 0.4) is 0 Å². The molecule has 0 radical (unpaired) electrons. The van der Waals surface area contributed by atoms with Gasteiger partial charge in [0.15, 0.2) is 0 Å². The van der Waals surface area contributed by atoms with Crippen LogP contribution in [0.1, 0.15) is 55.0 Å². The molecule has 1 saturated heterocycles. The summed E-state index contributed by atoms with van der Waals surface area (Å²) < 4.78 is 42.8. The van der Waals surface area contributed by atoms with Crippen LogP contribution in [0.4, 0.5) is 8.78 Å². The Balaban J connectivity index is 0.00000141. The van der Waals surface area contributed by atoms with Crippen LogP contribution >= 0.6 is 0 Å². The van der Waals surface area contributed by atoms with Gasteiger partial charge in [0.05, 0.1) is 5.52 Å². The van der Waals surface area contributed by atoms with Crippen LogP contribution in [-0.4, -0.2) is 17.8 Å². The Hall–Kier alpha value is -3.18. The standard InChI is InChI=1S/C28H27F2NO2.C2H6/c1-18-14-23(8-9-24(18)30)31-25-15-22(29)16-26(33-17-20-6-4-3-5-7-20)27(25)19(2)28(31)21-10-12-32-13-11-21;1-2/h3-9,14-16,21H,10-13,17H2,1-2H3;1-2H3. The number of ether oxygens (including phenoxy) is 2. The van der Waals surface area contributed by atoms with Crippen molar-refractivity contribution >= 4 is 10.9 Å². The van der Waals surface area contributed by atoms with Gasteiger partial charge in [-0.25, -0.2) is 8.78 Å². The molecule has 1 aliphatic heterocycles. The minimum atomic E-state index is -0.360. The molecule has 0 N–H and O–H groups in total. The van der Waals surface area contributed by atoms with Crippen LogP contribution < -0.4 is 4.74 Å². The van der Waals surface area contributed by atoms with Crippen LogP contribution in [-0.2, 0) is 11.3 Å². The van der Waals surface area contributed by atoms with Crippen LogP contribution in [0.5, 0.6) is 5.75 Å². The first kappa shape index (κ1) is 24.9. The van der Waals surface area contributed by atoms with Crippen LogP contribution in [0.15, 0.2) is 60.7 Å². The van der Waals surface area contributed by atoms with E-state index in [0.717, 1.165) is 46.3 Å². The molecule has 1 fully saturated rings. The van der Waals surface area contributed by atoms with Crippen molar-refractivity contribution in [3.8, 4) is 11.4 Å². The summed E-state index contributed by atoms with van der Waals surface area (Å²) in [4.78, 5) is 0. The molecule has 5 rings (SSSR count). The SMILES string of the molecule is CC.Cc1cc(-n2c(C3CCOCC3)c(C)c3c(OCc4ccccc4)cc(F)cc32)ccc1F. The van der Waals surface area contributed by atoms with E-state index in [-0.39, 0.29) is 17.6 Å².